The molecular formula is C27H43NO13. The number of aliphatic carboxylic acids is 1. The SMILES string of the molecule is CCCO[C@@H]1OC(CO[C@@](O)(C[C@@H](O)[C@H](C[C@H](O)[C@H](O)CO)NC(=O)Cc2ccccc2)C(=O)O)[C@H](O)C(O)[C@@H]1C. The van der Waals surface area contributed by atoms with E-state index < -0.39 is 98.6 Å². The lowest BCUT2D eigenvalue weighted by molar-refractivity contribution is -0.302. The Balaban J connectivity index is 2.15. The molecule has 234 valence electrons. The molecule has 2 unspecified atom stereocenters. The smallest absolute Gasteiger partial charge is 0.364 e. The van der Waals surface area contributed by atoms with Crippen molar-refractivity contribution in [3.63, 3.8) is 0 Å². The molecule has 1 aliphatic heterocycles. The number of hydrogen-bond donors (Lipinski definition) is 9. The van der Waals surface area contributed by atoms with Gasteiger partial charge in [-0.1, -0.05) is 44.2 Å². The standard InChI is InChI=1S/C27H43NO13/c1-3-9-39-25-15(2)23(34)24(35)21(41-25)14-40-27(38,26(36)37)12-19(31)17(11-18(30)20(32)13-29)28-22(33)10-16-7-5-4-6-8-16/h4-8,15,17-21,23-25,29-32,34-35,38H,3,9-14H2,1-2H3,(H,28,33)(H,36,37)/t15-,17-,18-,19+,20+,21?,23?,24-,25+,27-/m0/s1. The zero-order chi connectivity index (χ0) is 30.7. The van der Waals surface area contributed by atoms with E-state index in [0.29, 0.717) is 18.6 Å². The van der Waals surface area contributed by atoms with Gasteiger partial charge in [0.2, 0.25) is 5.91 Å². The van der Waals surface area contributed by atoms with Crippen molar-refractivity contribution in [3.8, 4) is 0 Å². The largest absolute Gasteiger partial charge is 0.477 e. The molecule has 0 saturated carbocycles. The van der Waals surface area contributed by atoms with Crippen molar-refractivity contribution in [2.75, 3.05) is 19.8 Å². The Kier molecular flexibility index (Phi) is 14.0. The van der Waals surface area contributed by atoms with Gasteiger partial charge < -0.3 is 60.4 Å². The summed E-state index contributed by atoms with van der Waals surface area (Å²) in [6.45, 7) is 2.22. The summed E-state index contributed by atoms with van der Waals surface area (Å²) in [5.41, 5.74) is 0.628. The minimum atomic E-state index is -3.06. The number of aliphatic hydroxyl groups is 7. The number of carboxylic acid groups (broad SMARTS) is 1. The second-order valence-electron chi connectivity index (χ2n) is 10.3. The topological polar surface area (TPSA) is 236 Å². The van der Waals surface area contributed by atoms with Gasteiger partial charge in [-0.25, -0.2) is 4.79 Å². The van der Waals surface area contributed by atoms with Crippen molar-refractivity contribution in [3.05, 3.63) is 35.9 Å². The van der Waals surface area contributed by atoms with Crippen LogP contribution in [0.25, 0.3) is 0 Å². The fourth-order valence-electron chi connectivity index (χ4n) is 4.38. The lowest BCUT2D eigenvalue weighted by Crippen LogP contribution is -2.57. The van der Waals surface area contributed by atoms with Crippen molar-refractivity contribution in [2.24, 2.45) is 5.92 Å². The zero-order valence-corrected chi connectivity index (χ0v) is 23.2. The second-order valence-corrected chi connectivity index (χ2v) is 10.3. The molecule has 14 nitrogen and oxygen atoms in total. The van der Waals surface area contributed by atoms with Gasteiger partial charge in [-0.05, 0) is 18.4 Å². The van der Waals surface area contributed by atoms with Crippen LogP contribution < -0.4 is 5.32 Å². The lowest BCUT2D eigenvalue weighted by Gasteiger charge is -2.42. The minimum absolute atomic E-state index is 0.124. The molecule has 1 aliphatic rings. The zero-order valence-electron chi connectivity index (χ0n) is 23.2. The van der Waals surface area contributed by atoms with Gasteiger partial charge in [-0.15, -0.1) is 0 Å². The molecule has 14 heteroatoms. The molecule has 1 saturated heterocycles. The van der Waals surface area contributed by atoms with Crippen LogP contribution in [-0.4, -0.2) is 127 Å². The number of rotatable bonds is 17. The fourth-order valence-corrected chi connectivity index (χ4v) is 4.38. The monoisotopic (exact) mass is 589 g/mol. The molecule has 0 spiro atoms. The normalized spacial score (nSPS) is 27.3. The van der Waals surface area contributed by atoms with Crippen LogP contribution in [0.1, 0.15) is 38.7 Å². The van der Waals surface area contributed by atoms with Crippen LogP contribution in [0.15, 0.2) is 30.3 Å². The van der Waals surface area contributed by atoms with Gasteiger partial charge in [0.05, 0.1) is 44.0 Å². The van der Waals surface area contributed by atoms with Gasteiger partial charge in [0.15, 0.2) is 6.29 Å². The van der Waals surface area contributed by atoms with Crippen LogP contribution in [0.3, 0.4) is 0 Å². The predicted octanol–water partition coefficient (Wildman–Crippen LogP) is -2.13. The van der Waals surface area contributed by atoms with Crippen LogP contribution in [0.4, 0.5) is 0 Å². The molecule has 41 heavy (non-hydrogen) atoms. The fraction of sp³-hybridized carbons (Fsp3) is 0.704. The Morgan fingerprint density at radius 3 is 2.32 bits per heavy atom. The molecule has 2 rings (SSSR count). The first-order valence-electron chi connectivity index (χ1n) is 13.5. The van der Waals surface area contributed by atoms with E-state index in [2.05, 4.69) is 5.32 Å². The highest BCUT2D eigenvalue weighted by atomic mass is 16.7. The molecule has 1 aromatic carbocycles. The molecule has 9 N–H and O–H groups in total. The summed E-state index contributed by atoms with van der Waals surface area (Å²) in [7, 11) is 0. The third-order valence-corrected chi connectivity index (χ3v) is 6.95. The minimum Gasteiger partial charge on any atom is -0.477 e. The Morgan fingerprint density at radius 1 is 1.07 bits per heavy atom. The van der Waals surface area contributed by atoms with Crippen molar-refractivity contribution >= 4 is 11.9 Å². The van der Waals surface area contributed by atoms with E-state index >= 15 is 0 Å². The van der Waals surface area contributed by atoms with Crippen molar-refractivity contribution < 1.29 is 64.7 Å². The lowest BCUT2D eigenvalue weighted by atomic mass is 9.92. The number of carbonyl (C=O) groups excluding carboxylic acids is 1. The Morgan fingerprint density at radius 2 is 1.73 bits per heavy atom. The summed E-state index contributed by atoms with van der Waals surface area (Å²) in [6, 6.07) is 7.16. The highest BCUT2D eigenvalue weighted by Gasteiger charge is 2.47. The van der Waals surface area contributed by atoms with E-state index in [4.69, 9.17) is 19.3 Å². The van der Waals surface area contributed by atoms with Crippen LogP contribution >= 0.6 is 0 Å². The number of carboxylic acids is 1. The summed E-state index contributed by atoms with van der Waals surface area (Å²) in [5, 5.41) is 83.9. The van der Waals surface area contributed by atoms with E-state index in [1.807, 2.05) is 6.92 Å². The quantitative estimate of drug-likeness (QED) is 0.0884. The van der Waals surface area contributed by atoms with Crippen LogP contribution in [-0.2, 0) is 30.2 Å². The van der Waals surface area contributed by atoms with Gasteiger partial charge in [0.25, 0.3) is 5.79 Å². The molecule has 10 atom stereocenters. The maximum absolute atomic E-state index is 12.7. The molecule has 1 aromatic rings. The van der Waals surface area contributed by atoms with Gasteiger partial charge in [-0.2, -0.15) is 0 Å². The van der Waals surface area contributed by atoms with Crippen molar-refractivity contribution in [1.29, 1.82) is 0 Å². The molecule has 0 aliphatic carbocycles. The summed E-state index contributed by atoms with van der Waals surface area (Å²) >= 11 is 0. The third-order valence-electron chi connectivity index (χ3n) is 6.95. The number of ether oxygens (including phenoxy) is 3. The number of hydrogen-bond acceptors (Lipinski definition) is 12. The maximum atomic E-state index is 12.7. The molecule has 0 bridgehead atoms. The van der Waals surface area contributed by atoms with Gasteiger partial charge in [-0.3, -0.25) is 4.79 Å². The first-order chi connectivity index (χ1) is 19.3. The summed E-state index contributed by atoms with van der Waals surface area (Å²) < 4.78 is 16.4. The Labute approximate surface area is 238 Å². The van der Waals surface area contributed by atoms with Gasteiger partial charge in [0.1, 0.15) is 18.3 Å². The first-order valence-corrected chi connectivity index (χ1v) is 13.5. The van der Waals surface area contributed by atoms with E-state index in [1.54, 1.807) is 37.3 Å². The summed E-state index contributed by atoms with van der Waals surface area (Å²) in [5.74, 6) is -6.18. The average molecular weight is 590 g/mol. The van der Waals surface area contributed by atoms with E-state index in [1.165, 1.54) is 0 Å². The molecule has 0 radical (unpaired) electrons. The van der Waals surface area contributed by atoms with Crippen LogP contribution in [0.2, 0.25) is 0 Å². The predicted molar refractivity (Wildman–Crippen MR) is 141 cm³/mol. The van der Waals surface area contributed by atoms with Crippen LogP contribution in [0.5, 0.6) is 0 Å². The first kappa shape index (κ1) is 35.0. The third kappa shape index (κ3) is 10.2. The maximum Gasteiger partial charge on any atom is 0.364 e. The highest BCUT2D eigenvalue weighted by molar-refractivity contribution is 5.79. The van der Waals surface area contributed by atoms with E-state index in [0.717, 1.165) is 0 Å². The van der Waals surface area contributed by atoms with E-state index in [9.17, 15) is 45.3 Å². The van der Waals surface area contributed by atoms with Crippen molar-refractivity contribution in [1.82, 2.24) is 5.32 Å². The number of carbonyl (C=O) groups is 2. The number of nitrogens with one attached hydrogen (secondary N) is 1. The molecular weight excluding hydrogens is 546 g/mol. The average Bonchev–Trinajstić information content (AvgIpc) is 2.94. The van der Waals surface area contributed by atoms with Crippen molar-refractivity contribution in [2.45, 2.75) is 94.3 Å². The summed E-state index contributed by atoms with van der Waals surface area (Å²) in [6.07, 6.45) is -11.1. The highest BCUT2D eigenvalue weighted by Crippen LogP contribution is 2.29. The molecule has 1 amide bonds. The second kappa shape index (κ2) is 16.4. The molecule has 1 heterocycles. The van der Waals surface area contributed by atoms with Crippen LogP contribution in [0, 0.1) is 5.92 Å². The van der Waals surface area contributed by atoms with Gasteiger partial charge >= 0.3 is 5.97 Å². The summed E-state index contributed by atoms with van der Waals surface area (Å²) in [4.78, 5) is 24.7. The van der Waals surface area contributed by atoms with Gasteiger partial charge in [0, 0.05) is 18.9 Å². The number of benzene rings is 1. The number of amides is 1. The van der Waals surface area contributed by atoms with E-state index in [-0.39, 0.29) is 6.42 Å². The Hall–Kier alpha value is -2.24. The molecule has 1 fully saturated rings. The Bertz CT molecular complexity index is 937. The number of aliphatic hydroxyl groups excluding tert-OH is 6. The molecule has 0 aromatic heterocycles.